The number of rotatable bonds is 16. The average Bonchev–Trinajstić information content (AvgIpc) is 2.72. The van der Waals surface area contributed by atoms with E-state index >= 15 is 0 Å². The molecule has 0 N–H and O–H groups in total. The smallest absolute Gasteiger partial charge is 0.409 e. The summed E-state index contributed by atoms with van der Waals surface area (Å²) < 4.78 is 21.6. The lowest BCUT2D eigenvalue weighted by Crippen LogP contribution is -2.36. The second-order valence-corrected chi connectivity index (χ2v) is 6.60. The summed E-state index contributed by atoms with van der Waals surface area (Å²) in [5.74, 6) is 0. The Morgan fingerprint density at radius 3 is 2.07 bits per heavy atom. The number of hydrogen-bond donors (Lipinski definition) is 0. The molecule has 1 aromatic rings. The van der Waals surface area contributed by atoms with Gasteiger partial charge < -0.3 is 28.7 Å². The van der Waals surface area contributed by atoms with Crippen molar-refractivity contribution in [3.05, 3.63) is 35.9 Å². The molecule has 0 radical (unpaired) electrons. The van der Waals surface area contributed by atoms with Crippen molar-refractivity contribution >= 4 is 6.09 Å². The van der Waals surface area contributed by atoms with Crippen LogP contribution in [0.4, 0.5) is 4.79 Å². The van der Waals surface area contributed by atoms with Gasteiger partial charge in [0.05, 0.1) is 33.0 Å². The van der Waals surface area contributed by atoms with Gasteiger partial charge in [0, 0.05) is 33.3 Å². The van der Waals surface area contributed by atoms with Gasteiger partial charge in [0.15, 0.2) is 0 Å². The second kappa shape index (κ2) is 16.3. The zero-order chi connectivity index (χ0) is 20.5. The van der Waals surface area contributed by atoms with E-state index < -0.39 is 0 Å². The van der Waals surface area contributed by atoms with Crippen molar-refractivity contribution in [3.8, 4) is 0 Å². The van der Waals surface area contributed by atoms with E-state index in [0.717, 1.165) is 31.7 Å². The number of carbonyl (C=O) groups excluding carboxylic acids is 1. The van der Waals surface area contributed by atoms with Gasteiger partial charge in [-0.25, -0.2) is 4.79 Å². The minimum atomic E-state index is -0.312. The topological polar surface area (TPSA) is 60.5 Å². The minimum absolute atomic E-state index is 0.292. The summed E-state index contributed by atoms with van der Waals surface area (Å²) in [6.07, 6.45) is 0.718. The lowest BCUT2D eigenvalue weighted by molar-refractivity contribution is 0.0114. The molecule has 7 heteroatoms. The highest BCUT2D eigenvalue weighted by molar-refractivity contribution is 5.67. The molecule has 0 atom stereocenters. The van der Waals surface area contributed by atoms with Gasteiger partial charge in [-0.3, -0.25) is 0 Å². The fraction of sp³-hybridized carbons (Fsp3) is 0.667. The molecule has 1 amide bonds. The summed E-state index contributed by atoms with van der Waals surface area (Å²) >= 11 is 0. The summed E-state index contributed by atoms with van der Waals surface area (Å²) in [7, 11) is 3.76. The summed E-state index contributed by atoms with van der Waals surface area (Å²) in [5.41, 5.74) is 0.982. The van der Waals surface area contributed by atoms with Crippen LogP contribution in [-0.4, -0.2) is 89.3 Å². The first-order chi connectivity index (χ1) is 13.6. The number of amides is 1. The molecule has 160 valence electrons. The third-order valence-corrected chi connectivity index (χ3v) is 4.04. The quantitative estimate of drug-likeness (QED) is 0.400. The number of nitrogens with zero attached hydrogens (tertiary/aromatic N) is 2. The summed E-state index contributed by atoms with van der Waals surface area (Å²) in [4.78, 5) is 15.7. The van der Waals surface area contributed by atoms with E-state index in [9.17, 15) is 4.79 Å². The second-order valence-electron chi connectivity index (χ2n) is 6.60. The zero-order valence-corrected chi connectivity index (χ0v) is 17.6. The maximum atomic E-state index is 12.0. The predicted molar refractivity (Wildman–Crippen MR) is 110 cm³/mol. The predicted octanol–water partition coefficient (Wildman–Crippen LogP) is 2.65. The molecule has 0 saturated heterocycles. The lowest BCUT2D eigenvalue weighted by Gasteiger charge is -2.21. The Morgan fingerprint density at radius 1 is 0.821 bits per heavy atom. The molecular formula is C21H36N2O5. The highest BCUT2D eigenvalue weighted by atomic mass is 16.6. The molecule has 1 aromatic carbocycles. The highest BCUT2D eigenvalue weighted by Gasteiger charge is 2.11. The number of hydrogen-bond acceptors (Lipinski definition) is 6. The molecule has 0 spiro atoms. The van der Waals surface area contributed by atoms with Crippen LogP contribution in [0.25, 0.3) is 0 Å². The Morgan fingerprint density at radius 2 is 1.43 bits per heavy atom. The normalized spacial score (nSPS) is 11.0. The highest BCUT2D eigenvalue weighted by Crippen LogP contribution is 2.02. The number of likely N-dealkylation sites (N-methyl/N-ethyl adjacent to an activating group) is 2. The number of carbonyl (C=O) groups is 1. The van der Waals surface area contributed by atoms with Crippen molar-refractivity contribution in [1.29, 1.82) is 0 Å². The molecule has 0 aliphatic carbocycles. The Balaban J connectivity index is 1.97. The molecule has 1 rings (SSSR count). The summed E-state index contributed by atoms with van der Waals surface area (Å²) in [6, 6.07) is 9.67. The number of benzene rings is 1. The van der Waals surface area contributed by atoms with Crippen LogP contribution in [-0.2, 0) is 25.6 Å². The van der Waals surface area contributed by atoms with Gasteiger partial charge in [0.1, 0.15) is 6.61 Å². The minimum Gasteiger partial charge on any atom is -0.445 e. The summed E-state index contributed by atoms with van der Waals surface area (Å²) in [5, 5.41) is 0. The monoisotopic (exact) mass is 396 g/mol. The molecule has 0 unspecified atom stereocenters. The van der Waals surface area contributed by atoms with Gasteiger partial charge in [-0.05, 0) is 19.0 Å². The van der Waals surface area contributed by atoms with E-state index in [0.29, 0.717) is 46.2 Å². The van der Waals surface area contributed by atoms with Crippen molar-refractivity contribution in [2.75, 3.05) is 73.4 Å². The van der Waals surface area contributed by atoms with E-state index in [-0.39, 0.29) is 6.09 Å². The van der Waals surface area contributed by atoms with Crippen molar-refractivity contribution in [1.82, 2.24) is 9.80 Å². The molecule has 7 nitrogen and oxygen atoms in total. The van der Waals surface area contributed by atoms with Gasteiger partial charge in [-0.15, -0.1) is 0 Å². The van der Waals surface area contributed by atoms with Crippen LogP contribution in [0.5, 0.6) is 0 Å². The van der Waals surface area contributed by atoms with Gasteiger partial charge in [0.2, 0.25) is 0 Å². The van der Waals surface area contributed by atoms with Crippen molar-refractivity contribution < 1.29 is 23.7 Å². The fourth-order valence-electron chi connectivity index (χ4n) is 2.26. The van der Waals surface area contributed by atoms with E-state index in [4.69, 9.17) is 18.9 Å². The van der Waals surface area contributed by atoms with Crippen LogP contribution in [0.3, 0.4) is 0 Å². The molecule has 0 aliphatic rings. The summed E-state index contributed by atoms with van der Waals surface area (Å²) in [6.45, 7) is 8.35. The average molecular weight is 397 g/mol. The zero-order valence-electron chi connectivity index (χ0n) is 17.6. The molecule has 0 aromatic heterocycles. The molecule has 28 heavy (non-hydrogen) atoms. The lowest BCUT2D eigenvalue weighted by atomic mass is 10.2. The van der Waals surface area contributed by atoms with Gasteiger partial charge in [0.25, 0.3) is 0 Å². The van der Waals surface area contributed by atoms with E-state index in [1.807, 2.05) is 37.4 Å². The molecular weight excluding hydrogens is 360 g/mol. The maximum absolute atomic E-state index is 12.0. The van der Waals surface area contributed by atoms with Crippen molar-refractivity contribution in [2.45, 2.75) is 20.0 Å². The van der Waals surface area contributed by atoms with Crippen LogP contribution in [0.15, 0.2) is 30.3 Å². The Labute approximate surface area is 169 Å². The standard InChI is InChI=1S/C21H36N2O5/c1-4-13-25-15-17-27-18-16-26-14-12-22(2)10-11-23(3)21(24)28-19-20-8-6-5-7-9-20/h5-9H,4,10-19H2,1-3H3. The van der Waals surface area contributed by atoms with E-state index in [1.165, 1.54) is 0 Å². The molecule has 0 aliphatic heterocycles. The van der Waals surface area contributed by atoms with Crippen LogP contribution >= 0.6 is 0 Å². The third kappa shape index (κ3) is 12.7. The van der Waals surface area contributed by atoms with Gasteiger partial charge in [-0.1, -0.05) is 37.3 Å². The van der Waals surface area contributed by atoms with Crippen LogP contribution in [0.1, 0.15) is 18.9 Å². The Hall–Kier alpha value is -1.67. The van der Waals surface area contributed by atoms with Crippen LogP contribution in [0, 0.1) is 0 Å². The van der Waals surface area contributed by atoms with Crippen molar-refractivity contribution in [3.63, 3.8) is 0 Å². The Kier molecular flexibility index (Phi) is 14.2. The Bertz CT molecular complexity index is 501. The number of ether oxygens (including phenoxy) is 4. The van der Waals surface area contributed by atoms with Gasteiger partial charge >= 0.3 is 6.09 Å². The SMILES string of the molecule is CCCOCCOCCOCCN(C)CCN(C)C(=O)OCc1ccccc1. The van der Waals surface area contributed by atoms with Crippen molar-refractivity contribution in [2.24, 2.45) is 0 Å². The fourth-order valence-corrected chi connectivity index (χ4v) is 2.26. The maximum Gasteiger partial charge on any atom is 0.409 e. The first-order valence-electron chi connectivity index (χ1n) is 9.97. The van der Waals surface area contributed by atoms with Crippen LogP contribution < -0.4 is 0 Å². The van der Waals surface area contributed by atoms with Gasteiger partial charge in [-0.2, -0.15) is 0 Å². The largest absolute Gasteiger partial charge is 0.445 e. The van der Waals surface area contributed by atoms with E-state index in [1.54, 1.807) is 11.9 Å². The first-order valence-corrected chi connectivity index (χ1v) is 9.97. The first kappa shape index (κ1) is 24.4. The molecule has 0 saturated carbocycles. The van der Waals surface area contributed by atoms with E-state index in [2.05, 4.69) is 11.8 Å². The third-order valence-electron chi connectivity index (χ3n) is 4.04. The molecule has 0 fully saturated rings. The van der Waals surface area contributed by atoms with Crippen LogP contribution in [0.2, 0.25) is 0 Å². The molecule has 0 bridgehead atoms. The molecule has 0 heterocycles.